The lowest BCUT2D eigenvalue weighted by Gasteiger charge is -2.29. The molecule has 1 fully saturated rings. The molecule has 35 heavy (non-hydrogen) atoms. The van der Waals surface area contributed by atoms with Crippen LogP contribution in [0.1, 0.15) is 50.7 Å². The number of amides is 2. The number of carbonyl (C=O) groups excluding carboxylic acids is 2. The molecule has 0 radical (unpaired) electrons. The molecule has 0 bridgehead atoms. The van der Waals surface area contributed by atoms with Gasteiger partial charge in [-0.1, -0.05) is 31.2 Å². The Bertz CT molecular complexity index is 1100. The van der Waals surface area contributed by atoms with E-state index in [2.05, 4.69) is 10.0 Å². The number of ether oxygens (including phenoxy) is 1. The first-order chi connectivity index (χ1) is 16.7. The molecule has 0 unspecified atom stereocenters. The average molecular weight is 502 g/mol. The summed E-state index contributed by atoms with van der Waals surface area (Å²) in [5, 5.41) is 2.87. The Morgan fingerprint density at radius 3 is 2.26 bits per heavy atom. The van der Waals surface area contributed by atoms with Crippen LogP contribution in [0.5, 0.6) is 5.75 Å². The number of hydrogen-bond acceptors (Lipinski definition) is 5. The van der Waals surface area contributed by atoms with Gasteiger partial charge in [0.05, 0.1) is 12.0 Å². The minimum atomic E-state index is -3.51. The molecular weight excluding hydrogens is 466 g/mol. The molecule has 1 aliphatic carbocycles. The Morgan fingerprint density at radius 1 is 1.06 bits per heavy atom. The van der Waals surface area contributed by atoms with E-state index in [4.69, 9.17) is 4.74 Å². The van der Waals surface area contributed by atoms with Crippen molar-refractivity contribution >= 4 is 21.8 Å². The van der Waals surface area contributed by atoms with Crippen LogP contribution in [-0.4, -0.2) is 50.9 Å². The van der Waals surface area contributed by atoms with Gasteiger partial charge in [0.25, 0.3) is 0 Å². The smallest absolute Gasteiger partial charge is 0.242 e. The van der Waals surface area contributed by atoms with Crippen LogP contribution in [-0.2, 0) is 32.6 Å². The zero-order valence-corrected chi connectivity index (χ0v) is 21.4. The van der Waals surface area contributed by atoms with Gasteiger partial charge in [0, 0.05) is 25.6 Å². The summed E-state index contributed by atoms with van der Waals surface area (Å²) >= 11 is 0. The number of sulfonamides is 1. The lowest BCUT2D eigenvalue weighted by molar-refractivity contribution is -0.140. The fourth-order valence-electron chi connectivity index (χ4n) is 3.62. The number of aryl methyl sites for hydroxylation is 1. The first-order valence-electron chi connectivity index (χ1n) is 12.0. The van der Waals surface area contributed by atoms with Crippen molar-refractivity contribution in [2.45, 2.75) is 69.5 Å². The number of nitrogens with one attached hydrogen (secondary N) is 2. The maximum absolute atomic E-state index is 13.2. The van der Waals surface area contributed by atoms with Gasteiger partial charge in [-0.25, -0.2) is 13.1 Å². The van der Waals surface area contributed by atoms with Gasteiger partial charge in [-0.15, -0.1) is 0 Å². The lowest BCUT2D eigenvalue weighted by Crippen LogP contribution is -2.47. The van der Waals surface area contributed by atoms with Gasteiger partial charge in [-0.2, -0.15) is 0 Å². The van der Waals surface area contributed by atoms with Crippen LogP contribution in [0.4, 0.5) is 0 Å². The van der Waals surface area contributed by atoms with Crippen LogP contribution >= 0.6 is 0 Å². The minimum Gasteiger partial charge on any atom is -0.497 e. The molecule has 0 aromatic heterocycles. The zero-order chi connectivity index (χ0) is 25.4. The van der Waals surface area contributed by atoms with Gasteiger partial charge in [-0.05, 0) is 68.0 Å². The Balaban J connectivity index is 1.67. The molecule has 1 aliphatic rings. The number of benzene rings is 2. The van der Waals surface area contributed by atoms with Crippen molar-refractivity contribution in [2.24, 2.45) is 0 Å². The fourth-order valence-corrected chi connectivity index (χ4v) is 4.93. The molecule has 1 atom stereocenters. The number of hydrogen-bond donors (Lipinski definition) is 2. The first-order valence-corrected chi connectivity index (χ1v) is 13.5. The zero-order valence-electron chi connectivity index (χ0n) is 20.6. The third-order valence-electron chi connectivity index (χ3n) is 5.99. The SMILES string of the molecule is CCCNC(=O)[C@@H](C)N(Cc1ccc(OC)cc1)C(=O)CCc1ccc(S(=O)(=O)NC2CC2)cc1. The van der Waals surface area contributed by atoms with E-state index < -0.39 is 16.1 Å². The highest BCUT2D eigenvalue weighted by Gasteiger charge is 2.28. The van der Waals surface area contributed by atoms with Gasteiger partial charge >= 0.3 is 0 Å². The second kappa shape index (κ2) is 12.2. The summed E-state index contributed by atoms with van der Waals surface area (Å²) in [5.41, 5.74) is 1.75. The van der Waals surface area contributed by atoms with E-state index >= 15 is 0 Å². The van der Waals surface area contributed by atoms with E-state index in [-0.39, 0.29) is 29.2 Å². The van der Waals surface area contributed by atoms with Gasteiger partial charge in [-0.3, -0.25) is 9.59 Å². The van der Waals surface area contributed by atoms with Crippen LogP contribution in [0.25, 0.3) is 0 Å². The van der Waals surface area contributed by atoms with Crippen molar-refractivity contribution in [1.29, 1.82) is 0 Å². The number of methoxy groups -OCH3 is 1. The van der Waals surface area contributed by atoms with Gasteiger partial charge < -0.3 is 15.0 Å². The standard InChI is InChI=1S/C26H35N3O5S/c1-4-17-27-26(31)19(2)29(18-21-5-12-23(34-3)13-6-21)25(30)16-9-20-7-14-24(15-8-20)35(32,33)28-22-10-11-22/h5-8,12-15,19,22,28H,4,9-11,16-18H2,1-3H3,(H,27,31)/t19-/m1/s1. The van der Waals surface area contributed by atoms with Crippen molar-refractivity contribution in [3.63, 3.8) is 0 Å². The Hall–Kier alpha value is -2.91. The van der Waals surface area contributed by atoms with E-state index in [1.165, 1.54) is 0 Å². The first kappa shape index (κ1) is 26.7. The normalized spacial score (nSPS) is 14.3. The van der Waals surface area contributed by atoms with Gasteiger partial charge in [0.2, 0.25) is 21.8 Å². The highest BCUT2D eigenvalue weighted by molar-refractivity contribution is 7.89. The number of nitrogens with zero attached hydrogens (tertiary/aromatic N) is 1. The molecule has 2 aromatic carbocycles. The highest BCUT2D eigenvalue weighted by atomic mass is 32.2. The molecule has 2 N–H and O–H groups in total. The maximum Gasteiger partial charge on any atom is 0.242 e. The largest absolute Gasteiger partial charge is 0.497 e. The quantitative estimate of drug-likeness (QED) is 0.439. The molecule has 1 saturated carbocycles. The van der Waals surface area contributed by atoms with Crippen molar-refractivity contribution in [3.05, 3.63) is 59.7 Å². The van der Waals surface area contributed by atoms with Gasteiger partial charge in [0.15, 0.2) is 0 Å². The summed E-state index contributed by atoms with van der Waals surface area (Å²) in [6.45, 7) is 4.56. The Labute approximate surface area is 208 Å². The third kappa shape index (κ3) is 7.80. The van der Waals surface area contributed by atoms with Gasteiger partial charge in [0.1, 0.15) is 11.8 Å². The van der Waals surface area contributed by atoms with E-state index in [1.54, 1.807) is 43.2 Å². The predicted octanol–water partition coefficient (Wildman–Crippen LogP) is 3.01. The van der Waals surface area contributed by atoms with Crippen molar-refractivity contribution in [3.8, 4) is 5.75 Å². The van der Waals surface area contributed by atoms with Crippen molar-refractivity contribution < 1.29 is 22.7 Å². The van der Waals surface area contributed by atoms with Crippen LogP contribution in [0.15, 0.2) is 53.4 Å². The molecular formula is C26H35N3O5S. The predicted molar refractivity (Wildman–Crippen MR) is 134 cm³/mol. The van der Waals surface area contributed by atoms with Crippen LogP contribution in [0.2, 0.25) is 0 Å². The molecule has 3 rings (SSSR count). The summed E-state index contributed by atoms with van der Waals surface area (Å²) in [5.74, 6) is 0.386. The second-order valence-corrected chi connectivity index (χ2v) is 10.6. The second-order valence-electron chi connectivity index (χ2n) is 8.88. The molecule has 2 amide bonds. The van der Waals surface area contributed by atoms with Crippen LogP contribution in [0, 0.1) is 0 Å². The summed E-state index contributed by atoms with van der Waals surface area (Å²) in [6, 6.07) is 13.4. The average Bonchev–Trinajstić information content (AvgIpc) is 3.67. The monoisotopic (exact) mass is 501 g/mol. The van der Waals surface area contributed by atoms with Crippen molar-refractivity contribution in [1.82, 2.24) is 14.9 Å². The van der Waals surface area contributed by atoms with E-state index in [1.807, 2.05) is 31.2 Å². The number of carbonyl (C=O) groups is 2. The number of rotatable bonds is 13. The third-order valence-corrected chi connectivity index (χ3v) is 7.53. The summed E-state index contributed by atoms with van der Waals surface area (Å²) in [6.07, 6.45) is 3.21. The molecule has 0 heterocycles. The molecule has 0 spiro atoms. The molecule has 9 heteroatoms. The lowest BCUT2D eigenvalue weighted by atomic mass is 10.1. The molecule has 0 saturated heterocycles. The van der Waals surface area contributed by atoms with E-state index in [0.29, 0.717) is 19.5 Å². The fraction of sp³-hybridized carbons (Fsp3) is 0.462. The van der Waals surface area contributed by atoms with E-state index in [0.717, 1.165) is 36.1 Å². The minimum absolute atomic E-state index is 0.0468. The summed E-state index contributed by atoms with van der Waals surface area (Å²) in [7, 11) is -1.91. The Kier molecular flexibility index (Phi) is 9.28. The van der Waals surface area contributed by atoms with Crippen LogP contribution < -0.4 is 14.8 Å². The maximum atomic E-state index is 13.2. The van der Waals surface area contributed by atoms with Crippen LogP contribution in [0.3, 0.4) is 0 Å². The Morgan fingerprint density at radius 2 is 1.69 bits per heavy atom. The van der Waals surface area contributed by atoms with Crippen molar-refractivity contribution in [2.75, 3.05) is 13.7 Å². The molecule has 8 nitrogen and oxygen atoms in total. The molecule has 2 aromatic rings. The topological polar surface area (TPSA) is 105 Å². The molecule has 0 aliphatic heterocycles. The highest BCUT2D eigenvalue weighted by Crippen LogP contribution is 2.22. The van der Waals surface area contributed by atoms with E-state index in [9.17, 15) is 18.0 Å². The molecule has 190 valence electrons. The summed E-state index contributed by atoms with van der Waals surface area (Å²) < 4.78 is 32.6. The summed E-state index contributed by atoms with van der Waals surface area (Å²) in [4.78, 5) is 27.7.